The summed E-state index contributed by atoms with van der Waals surface area (Å²) in [4.78, 5) is 14.6. The molecule has 0 fully saturated rings. The molecule has 3 nitrogen and oxygen atoms in total. The lowest BCUT2D eigenvalue weighted by Crippen LogP contribution is -2.13. The summed E-state index contributed by atoms with van der Waals surface area (Å²) in [5.74, 6) is -0.232. The summed E-state index contributed by atoms with van der Waals surface area (Å²) < 4.78 is 0. The van der Waals surface area contributed by atoms with Crippen molar-refractivity contribution < 1.29 is 4.79 Å². The van der Waals surface area contributed by atoms with Gasteiger partial charge in [0.05, 0.1) is 5.02 Å². The Labute approximate surface area is 98.4 Å². The minimum absolute atomic E-state index is 0.232. The molecule has 16 heavy (non-hydrogen) atoms. The second-order valence-corrected chi connectivity index (χ2v) is 3.88. The molecule has 0 spiro atoms. The Kier molecular flexibility index (Phi) is 2.97. The summed E-state index contributed by atoms with van der Waals surface area (Å²) in [6.45, 7) is 1.94. The van der Waals surface area contributed by atoms with Crippen LogP contribution in [0.1, 0.15) is 16.1 Å². The molecule has 0 saturated carbocycles. The smallest absolute Gasteiger partial charge is 0.273 e. The average Bonchev–Trinajstić information content (AvgIpc) is 2.68. The standard InChI is InChI=1S/C12H11ClN2O/c1-8-4-2-3-5-10(8)15-12(16)11-9(13)6-7-14-11/h2-7,14H,1H3,(H,15,16). The molecule has 0 aliphatic heterocycles. The molecular weight excluding hydrogens is 224 g/mol. The number of hydrogen-bond donors (Lipinski definition) is 2. The highest BCUT2D eigenvalue weighted by molar-refractivity contribution is 6.34. The lowest BCUT2D eigenvalue weighted by Gasteiger charge is -2.06. The van der Waals surface area contributed by atoms with E-state index in [1.54, 1.807) is 12.3 Å². The van der Waals surface area contributed by atoms with Gasteiger partial charge < -0.3 is 10.3 Å². The number of carbonyl (C=O) groups is 1. The number of halogens is 1. The number of H-pyrrole nitrogens is 1. The summed E-state index contributed by atoms with van der Waals surface area (Å²) in [6.07, 6.45) is 1.63. The van der Waals surface area contributed by atoms with E-state index in [1.807, 2.05) is 31.2 Å². The second-order valence-electron chi connectivity index (χ2n) is 3.47. The first-order chi connectivity index (χ1) is 7.68. The lowest BCUT2D eigenvalue weighted by molar-refractivity contribution is 0.102. The summed E-state index contributed by atoms with van der Waals surface area (Å²) in [5, 5.41) is 3.22. The number of anilines is 1. The van der Waals surface area contributed by atoms with Gasteiger partial charge in [-0.3, -0.25) is 4.79 Å². The predicted octanol–water partition coefficient (Wildman–Crippen LogP) is 3.23. The van der Waals surface area contributed by atoms with Gasteiger partial charge in [0.15, 0.2) is 0 Å². The molecule has 0 aliphatic rings. The Hall–Kier alpha value is -1.74. The molecule has 0 saturated heterocycles. The van der Waals surface area contributed by atoms with Gasteiger partial charge in [-0.1, -0.05) is 29.8 Å². The molecule has 2 N–H and O–H groups in total. The van der Waals surface area contributed by atoms with Crippen molar-refractivity contribution in [3.05, 3.63) is 52.8 Å². The van der Waals surface area contributed by atoms with Crippen molar-refractivity contribution in [3.8, 4) is 0 Å². The fraction of sp³-hybridized carbons (Fsp3) is 0.0833. The number of hydrogen-bond acceptors (Lipinski definition) is 1. The van der Waals surface area contributed by atoms with E-state index in [-0.39, 0.29) is 5.91 Å². The van der Waals surface area contributed by atoms with Gasteiger partial charge in [0, 0.05) is 11.9 Å². The number of benzene rings is 1. The molecule has 1 aromatic carbocycles. The Morgan fingerprint density at radius 3 is 2.69 bits per heavy atom. The highest BCUT2D eigenvalue weighted by Gasteiger charge is 2.11. The number of para-hydroxylation sites is 1. The molecule has 2 aromatic rings. The van der Waals surface area contributed by atoms with Crippen LogP contribution in [-0.2, 0) is 0 Å². The number of carbonyl (C=O) groups excluding carboxylic acids is 1. The molecule has 0 unspecified atom stereocenters. The summed E-state index contributed by atoms with van der Waals surface area (Å²) in [7, 11) is 0. The van der Waals surface area contributed by atoms with Crippen LogP contribution in [0.3, 0.4) is 0 Å². The van der Waals surface area contributed by atoms with Crippen LogP contribution in [-0.4, -0.2) is 10.9 Å². The SMILES string of the molecule is Cc1ccccc1NC(=O)c1[nH]ccc1Cl. The Morgan fingerprint density at radius 2 is 2.06 bits per heavy atom. The van der Waals surface area contributed by atoms with E-state index >= 15 is 0 Å². The van der Waals surface area contributed by atoms with Crippen LogP contribution in [0.15, 0.2) is 36.5 Å². The monoisotopic (exact) mass is 234 g/mol. The molecule has 0 atom stereocenters. The molecule has 2 rings (SSSR count). The lowest BCUT2D eigenvalue weighted by atomic mass is 10.2. The molecule has 0 aliphatic carbocycles. The van der Waals surface area contributed by atoms with Gasteiger partial charge in [-0.25, -0.2) is 0 Å². The van der Waals surface area contributed by atoms with E-state index in [4.69, 9.17) is 11.6 Å². The third-order valence-electron chi connectivity index (χ3n) is 2.32. The summed E-state index contributed by atoms with van der Waals surface area (Å²) in [5.41, 5.74) is 2.18. The van der Waals surface area contributed by atoms with Crippen molar-refractivity contribution in [2.24, 2.45) is 0 Å². The molecule has 0 bridgehead atoms. The molecule has 1 heterocycles. The van der Waals surface area contributed by atoms with Crippen LogP contribution >= 0.6 is 11.6 Å². The zero-order valence-corrected chi connectivity index (χ0v) is 9.51. The van der Waals surface area contributed by atoms with Crippen molar-refractivity contribution in [3.63, 3.8) is 0 Å². The molecule has 82 valence electrons. The van der Waals surface area contributed by atoms with E-state index in [0.29, 0.717) is 10.7 Å². The molecular formula is C12H11ClN2O. The van der Waals surface area contributed by atoms with Crippen molar-refractivity contribution in [2.45, 2.75) is 6.92 Å². The summed E-state index contributed by atoms with van der Waals surface area (Å²) in [6, 6.07) is 9.23. The van der Waals surface area contributed by atoms with Crippen LogP contribution in [0.5, 0.6) is 0 Å². The van der Waals surface area contributed by atoms with Crippen molar-refractivity contribution in [1.29, 1.82) is 0 Å². The van der Waals surface area contributed by atoms with Crippen molar-refractivity contribution in [1.82, 2.24) is 4.98 Å². The van der Waals surface area contributed by atoms with Gasteiger partial charge >= 0.3 is 0 Å². The maximum atomic E-state index is 11.8. The molecule has 1 aromatic heterocycles. The van der Waals surface area contributed by atoms with E-state index in [9.17, 15) is 4.79 Å². The maximum Gasteiger partial charge on any atom is 0.273 e. The molecule has 4 heteroatoms. The maximum absolute atomic E-state index is 11.8. The minimum Gasteiger partial charge on any atom is -0.356 e. The fourth-order valence-corrected chi connectivity index (χ4v) is 1.63. The Bertz CT molecular complexity index is 519. The van der Waals surface area contributed by atoms with E-state index in [2.05, 4.69) is 10.3 Å². The normalized spacial score (nSPS) is 10.1. The summed E-state index contributed by atoms with van der Waals surface area (Å²) >= 11 is 5.85. The highest BCUT2D eigenvalue weighted by atomic mass is 35.5. The van der Waals surface area contributed by atoms with Crippen molar-refractivity contribution >= 4 is 23.2 Å². The van der Waals surface area contributed by atoms with Gasteiger partial charge in [-0.15, -0.1) is 0 Å². The highest BCUT2D eigenvalue weighted by Crippen LogP contribution is 2.17. The van der Waals surface area contributed by atoms with Crippen LogP contribution < -0.4 is 5.32 Å². The zero-order valence-electron chi connectivity index (χ0n) is 8.75. The van der Waals surface area contributed by atoms with E-state index in [1.165, 1.54) is 0 Å². The second kappa shape index (κ2) is 4.41. The number of aromatic amines is 1. The van der Waals surface area contributed by atoms with Gasteiger partial charge in [0.1, 0.15) is 5.69 Å². The van der Waals surface area contributed by atoms with Gasteiger partial charge in [-0.05, 0) is 24.6 Å². The topological polar surface area (TPSA) is 44.9 Å². The first-order valence-corrected chi connectivity index (χ1v) is 5.26. The zero-order chi connectivity index (χ0) is 11.5. The molecule has 1 amide bonds. The number of nitrogens with one attached hydrogen (secondary N) is 2. The number of aryl methyl sites for hydroxylation is 1. The Morgan fingerprint density at radius 1 is 1.31 bits per heavy atom. The Balaban J connectivity index is 2.21. The average molecular weight is 235 g/mol. The van der Waals surface area contributed by atoms with Crippen LogP contribution in [0.4, 0.5) is 5.69 Å². The van der Waals surface area contributed by atoms with Gasteiger partial charge in [0.25, 0.3) is 5.91 Å². The quantitative estimate of drug-likeness (QED) is 0.823. The van der Waals surface area contributed by atoms with Gasteiger partial charge in [-0.2, -0.15) is 0 Å². The first kappa shape index (κ1) is 10.8. The predicted molar refractivity (Wildman–Crippen MR) is 64.9 cm³/mol. The number of aromatic nitrogens is 1. The fourth-order valence-electron chi connectivity index (χ4n) is 1.42. The van der Waals surface area contributed by atoms with Crippen LogP contribution in [0, 0.1) is 6.92 Å². The van der Waals surface area contributed by atoms with E-state index < -0.39 is 0 Å². The van der Waals surface area contributed by atoms with Crippen LogP contribution in [0.2, 0.25) is 5.02 Å². The minimum atomic E-state index is -0.232. The molecule has 0 radical (unpaired) electrons. The van der Waals surface area contributed by atoms with Gasteiger partial charge in [0.2, 0.25) is 0 Å². The van der Waals surface area contributed by atoms with Crippen LogP contribution in [0.25, 0.3) is 0 Å². The number of rotatable bonds is 2. The van der Waals surface area contributed by atoms with E-state index in [0.717, 1.165) is 11.3 Å². The van der Waals surface area contributed by atoms with Crippen molar-refractivity contribution in [2.75, 3.05) is 5.32 Å². The third-order valence-corrected chi connectivity index (χ3v) is 2.63. The first-order valence-electron chi connectivity index (χ1n) is 4.88. The number of amides is 1. The largest absolute Gasteiger partial charge is 0.356 e. The third kappa shape index (κ3) is 2.09.